The quantitative estimate of drug-likeness (QED) is 0.416. The Morgan fingerprint density at radius 3 is 2.78 bits per heavy atom. The molecule has 0 aliphatic heterocycles. The molecule has 1 unspecified atom stereocenters. The maximum absolute atomic E-state index is 12.0. The number of aliphatic imine (C=N–C) groups is 1. The van der Waals surface area contributed by atoms with E-state index < -0.39 is 0 Å². The van der Waals surface area contributed by atoms with Crippen LogP contribution in [0.3, 0.4) is 0 Å². The predicted molar refractivity (Wildman–Crippen MR) is 92.9 cm³/mol. The van der Waals surface area contributed by atoms with Crippen molar-refractivity contribution in [1.82, 2.24) is 20.2 Å². The number of hydrogen-bond donors (Lipinski definition) is 2. The summed E-state index contributed by atoms with van der Waals surface area (Å²) in [6, 6.07) is 5.19. The molecule has 23 heavy (non-hydrogen) atoms. The van der Waals surface area contributed by atoms with Crippen LogP contribution < -0.4 is 11.2 Å². The van der Waals surface area contributed by atoms with Crippen LogP contribution in [-0.2, 0) is 0 Å². The highest BCUT2D eigenvalue weighted by Gasteiger charge is 2.06. The molecule has 0 saturated carbocycles. The van der Waals surface area contributed by atoms with Crippen molar-refractivity contribution >= 4 is 24.4 Å². The summed E-state index contributed by atoms with van der Waals surface area (Å²) in [6.45, 7) is 2.72. The lowest BCUT2D eigenvalue weighted by atomic mass is 10.2. The van der Waals surface area contributed by atoms with E-state index in [4.69, 9.17) is 5.73 Å². The Bertz CT molecular complexity index is 555. The first-order valence-electron chi connectivity index (χ1n) is 7.35. The number of hydrazone groups is 1. The number of aromatic nitrogens is 1. The maximum atomic E-state index is 12.0. The fourth-order valence-corrected chi connectivity index (χ4v) is 1.50. The van der Waals surface area contributed by atoms with Gasteiger partial charge in [-0.15, -0.1) is 0 Å². The van der Waals surface area contributed by atoms with Gasteiger partial charge in [0.2, 0.25) is 0 Å². The van der Waals surface area contributed by atoms with E-state index in [9.17, 15) is 4.79 Å². The summed E-state index contributed by atoms with van der Waals surface area (Å²) < 4.78 is 0. The van der Waals surface area contributed by atoms with Gasteiger partial charge in [0.05, 0.1) is 6.34 Å². The van der Waals surface area contributed by atoms with Crippen molar-refractivity contribution in [3.63, 3.8) is 0 Å². The molecule has 0 aliphatic carbocycles. The summed E-state index contributed by atoms with van der Waals surface area (Å²) in [6.07, 6.45) is 4.02. The molecule has 1 aromatic heterocycles. The van der Waals surface area contributed by atoms with E-state index in [0.29, 0.717) is 5.82 Å². The van der Waals surface area contributed by atoms with E-state index in [1.54, 1.807) is 35.8 Å². The molecule has 1 atom stereocenters. The number of amides is 1. The van der Waals surface area contributed by atoms with E-state index >= 15 is 0 Å². The van der Waals surface area contributed by atoms with Crippen molar-refractivity contribution < 1.29 is 4.79 Å². The number of pyridine rings is 1. The van der Waals surface area contributed by atoms with Gasteiger partial charge in [-0.1, -0.05) is 6.07 Å². The van der Waals surface area contributed by atoms with Crippen molar-refractivity contribution in [2.75, 3.05) is 27.7 Å². The average molecular weight is 319 g/mol. The van der Waals surface area contributed by atoms with Crippen molar-refractivity contribution in [1.29, 1.82) is 0 Å². The SMILES string of the molecule is CC(N)CCN(C)/C=N/NC(=O)c1cccc(/N=C/N(C)C)n1. The molecule has 1 heterocycles. The van der Waals surface area contributed by atoms with Gasteiger partial charge in [-0.05, 0) is 25.5 Å². The molecular weight excluding hydrogens is 294 g/mol. The van der Waals surface area contributed by atoms with Gasteiger partial charge in [-0.2, -0.15) is 5.10 Å². The molecule has 0 saturated heterocycles. The van der Waals surface area contributed by atoms with Crippen LogP contribution in [0.1, 0.15) is 23.8 Å². The maximum Gasteiger partial charge on any atom is 0.290 e. The van der Waals surface area contributed by atoms with Gasteiger partial charge in [-0.25, -0.2) is 15.4 Å². The first kappa shape index (κ1) is 18.6. The smallest absolute Gasteiger partial charge is 0.290 e. The number of nitrogens with one attached hydrogen (secondary N) is 1. The zero-order valence-electron chi connectivity index (χ0n) is 14.1. The molecular formula is C15H25N7O. The minimum atomic E-state index is -0.385. The molecule has 0 fully saturated rings. The van der Waals surface area contributed by atoms with Gasteiger partial charge in [0.15, 0.2) is 5.82 Å². The number of carbonyl (C=O) groups is 1. The molecule has 8 heteroatoms. The third-order valence-electron chi connectivity index (χ3n) is 2.75. The fraction of sp³-hybridized carbons (Fsp3) is 0.467. The Kier molecular flexibility index (Phi) is 7.69. The van der Waals surface area contributed by atoms with Crippen LogP contribution in [0.25, 0.3) is 0 Å². The lowest BCUT2D eigenvalue weighted by Crippen LogP contribution is -2.27. The van der Waals surface area contributed by atoms with Crippen molar-refractivity contribution in [3.8, 4) is 0 Å². The van der Waals surface area contributed by atoms with Gasteiger partial charge in [0.1, 0.15) is 12.0 Å². The fourth-order valence-electron chi connectivity index (χ4n) is 1.50. The van der Waals surface area contributed by atoms with Gasteiger partial charge >= 0.3 is 0 Å². The monoisotopic (exact) mass is 319 g/mol. The summed E-state index contributed by atoms with van der Waals surface area (Å²) >= 11 is 0. The topological polar surface area (TPSA) is 99.2 Å². The number of hydrogen-bond acceptors (Lipinski definition) is 5. The molecule has 1 amide bonds. The normalized spacial score (nSPS) is 12.6. The van der Waals surface area contributed by atoms with Gasteiger partial charge < -0.3 is 15.5 Å². The number of carbonyl (C=O) groups excluding carboxylic acids is 1. The van der Waals surface area contributed by atoms with Crippen molar-refractivity contribution in [3.05, 3.63) is 23.9 Å². The minimum absolute atomic E-state index is 0.134. The van der Waals surface area contributed by atoms with Crippen LogP contribution >= 0.6 is 0 Å². The third kappa shape index (κ3) is 7.91. The molecule has 0 radical (unpaired) electrons. The Morgan fingerprint density at radius 1 is 1.39 bits per heavy atom. The number of rotatable bonds is 8. The van der Waals surface area contributed by atoms with E-state index in [-0.39, 0.29) is 17.6 Å². The average Bonchev–Trinajstić information content (AvgIpc) is 2.51. The van der Waals surface area contributed by atoms with Gasteiger partial charge in [-0.3, -0.25) is 4.79 Å². The molecule has 1 aromatic rings. The highest BCUT2D eigenvalue weighted by molar-refractivity contribution is 5.92. The minimum Gasteiger partial charge on any atom is -0.369 e. The van der Waals surface area contributed by atoms with Crippen molar-refractivity contribution in [2.45, 2.75) is 19.4 Å². The highest BCUT2D eigenvalue weighted by atomic mass is 16.2. The van der Waals surface area contributed by atoms with Crippen LogP contribution in [0.2, 0.25) is 0 Å². The predicted octanol–water partition coefficient (Wildman–Crippen LogP) is 0.645. The number of nitrogens with two attached hydrogens (primary N) is 1. The molecule has 0 spiro atoms. The van der Waals surface area contributed by atoms with E-state index in [2.05, 4.69) is 20.5 Å². The zero-order valence-corrected chi connectivity index (χ0v) is 14.1. The standard InChI is InChI=1S/C15H25N7O/c1-12(16)8-9-22(4)11-18-20-15(23)13-6-5-7-14(19-13)17-10-21(2)3/h5-7,10-12H,8-9,16H2,1-4H3,(H,20,23)/b17-10+,18-11+. The van der Waals surface area contributed by atoms with Crippen LogP contribution in [-0.4, -0.2) is 67.1 Å². The van der Waals surface area contributed by atoms with E-state index in [0.717, 1.165) is 13.0 Å². The molecule has 8 nitrogen and oxygen atoms in total. The molecule has 0 aromatic carbocycles. The zero-order chi connectivity index (χ0) is 17.2. The molecule has 0 aliphatic rings. The summed E-state index contributed by atoms with van der Waals surface area (Å²) in [5, 5.41) is 3.90. The van der Waals surface area contributed by atoms with Crippen molar-refractivity contribution in [2.24, 2.45) is 15.8 Å². The van der Waals surface area contributed by atoms with Crippen LogP contribution in [0, 0.1) is 0 Å². The first-order valence-corrected chi connectivity index (χ1v) is 7.35. The van der Waals surface area contributed by atoms with Gasteiger partial charge in [0, 0.05) is 33.7 Å². The van der Waals surface area contributed by atoms with Gasteiger partial charge in [0.25, 0.3) is 5.91 Å². The van der Waals surface area contributed by atoms with Crippen LogP contribution in [0.5, 0.6) is 0 Å². The van der Waals surface area contributed by atoms with E-state index in [1.807, 2.05) is 33.0 Å². The Hall–Kier alpha value is -2.48. The summed E-state index contributed by atoms with van der Waals surface area (Å²) in [5.41, 5.74) is 8.39. The van der Waals surface area contributed by atoms with Crippen LogP contribution in [0.4, 0.5) is 5.82 Å². The summed E-state index contributed by atoms with van der Waals surface area (Å²) in [4.78, 5) is 23.9. The Labute approximate surface area is 137 Å². The summed E-state index contributed by atoms with van der Waals surface area (Å²) in [7, 11) is 5.58. The third-order valence-corrected chi connectivity index (χ3v) is 2.75. The molecule has 1 rings (SSSR count). The summed E-state index contributed by atoms with van der Waals surface area (Å²) in [5.74, 6) is 0.0770. The lowest BCUT2D eigenvalue weighted by molar-refractivity contribution is 0.0949. The second-order valence-corrected chi connectivity index (χ2v) is 5.52. The number of nitrogens with zero attached hydrogens (tertiary/aromatic N) is 5. The second-order valence-electron chi connectivity index (χ2n) is 5.52. The largest absolute Gasteiger partial charge is 0.369 e. The molecule has 0 bridgehead atoms. The molecule has 126 valence electrons. The first-order chi connectivity index (χ1) is 10.9. The Balaban J connectivity index is 2.56. The highest BCUT2D eigenvalue weighted by Crippen LogP contribution is 2.08. The van der Waals surface area contributed by atoms with E-state index in [1.165, 1.54) is 0 Å². The second kappa shape index (κ2) is 9.52. The Morgan fingerprint density at radius 2 is 2.13 bits per heavy atom. The molecule has 3 N–H and O–H groups in total. The van der Waals surface area contributed by atoms with Crippen LogP contribution in [0.15, 0.2) is 28.3 Å². The lowest BCUT2D eigenvalue weighted by Gasteiger charge is -2.14.